The van der Waals surface area contributed by atoms with E-state index in [1.165, 1.54) is 24.3 Å². The lowest BCUT2D eigenvalue weighted by Crippen LogP contribution is -2.30. The summed E-state index contributed by atoms with van der Waals surface area (Å²) >= 11 is 0. The first-order chi connectivity index (χ1) is 12.3. The monoisotopic (exact) mass is 363 g/mol. The van der Waals surface area contributed by atoms with Crippen molar-refractivity contribution in [1.29, 1.82) is 0 Å². The second-order valence-corrected chi connectivity index (χ2v) is 5.29. The molecular formula is C16H12F3N5O2. The number of nitrogens with zero attached hydrogens (tertiary/aromatic N) is 1. The fourth-order valence-corrected chi connectivity index (χ4v) is 2.35. The first kappa shape index (κ1) is 17.4. The topological polar surface area (TPSA) is 113 Å². The Morgan fingerprint density at radius 2 is 1.88 bits per heavy atom. The van der Waals surface area contributed by atoms with Gasteiger partial charge in [0.05, 0.1) is 16.6 Å². The van der Waals surface area contributed by atoms with E-state index in [9.17, 15) is 22.8 Å². The Balaban J connectivity index is 2.10. The molecule has 0 saturated carbocycles. The third-order valence-corrected chi connectivity index (χ3v) is 3.56. The smallest absolute Gasteiger partial charge is 0.324 e. The number of H-pyrrole nitrogens is 1. The van der Waals surface area contributed by atoms with E-state index in [2.05, 4.69) is 15.4 Å². The van der Waals surface area contributed by atoms with Crippen LogP contribution in [-0.4, -0.2) is 22.1 Å². The number of aromatic nitrogens is 2. The maximum absolute atomic E-state index is 12.5. The molecule has 1 amide bonds. The summed E-state index contributed by atoms with van der Waals surface area (Å²) in [6.45, 7) is 0. The molecule has 0 saturated heterocycles. The number of fused-ring (bicyclic) bond motifs is 1. The highest BCUT2D eigenvalue weighted by Gasteiger charge is 2.39. The van der Waals surface area contributed by atoms with Gasteiger partial charge in [-0.1, -0.05) is 12.1 Å². The molecule has 3 rings (SSSR count). The summed E-state index contributed by atoms with van der Waals surface area (Å²) in [7, 11) is 0. The molecule has 0 spiro atoms. The maximum Gasteiger partial charge on any atom is 0.471 e. The normalized spacial score (nSPS) is 11.4. The minimum absolute atomic E-state index is 0.0223. The van der Waals surface area contributed by atoms with Gasteiger partial charge in [0.1, 0.15) is 5.82 Å². The minimum atomic E-state index is -5.04. The number of nitrogens with one attached hydrogen (secondary N) is 3. The van der Waals surface area contributed by atoms with Crippen LogP contribution in [0.15, 0.2) is 47.3 Å². The van der Waals surface area contributed by atoms with Crippen molar-refractivity contribution < 1.29 is 18.0 Å². The number of rotatable bonds is 3. The molecule has 0 aliphatic carbocycles. The molecule has 10 heteroatoms. The average molecular weight is 363 g/mol. The summed E-state index contributed by atoms with van der Waals surface area (Å²) in [5.74, 6) is 3.20. The Bertz CT molecular complexity index is 1050. The van der Waals surface area contributed by atoms with Crippen LogP contribution in [-0.2, 0) is 4.79 Å². The second-order valence-electron chi connectivity index (χ2n) is 5.29. The van der Waals surface area contributed by atoms with E-state index in [4.69, 9.17) is 5.84 Å². The molecule has 3 aromatic rings. The number of nitrogens with two attached hydrogens (primary N) is 1. The molecule has 0 unspecified atom stereocenters. The van der Waals surface area contributed by atoms with Crippen LogP contribution in [0.3, 0.4) is 0 Å². The first-order valence-electron chi connectivity index (χ1n) is 7.28. The number of benzene rings is 2. The average Bonchev–Trinajstić information content (AvgIpc) is 2.61. The largest absolute Gasteiger partial charge is 0.471 e. The minimum Gasteiger partial charge on any atom is -0.324 e. The van der Waals surface area contributed by atoms with Gasteiger partial charge in [-0.2, -0.15) is 13.2 Å². The third kappa shape index (κ3) is 3.35. The number of nitrogen functional groups attached to an aromatic ring is 1. The van der Waals surface area contributed by atoms with Gasteiger partial charge in [-0.15, -0.1) is 0 Å². The lowest BCUT2D eigenvalue weighted by molar-refractivity contribution is -0.167. The number of anilines is 2. The number of carbonyl (C=O) groups excluding carboxylic acids is 1. The molecule has 0 fully saturated rings. The van der Waals surface area contributed by atoms with E-state index < -0.39 is 17.6 Å². The Morgan fingerprint density at radius 3 is 2.58 bits per heavy atom. The number of para-hydroxylation sites is 1. The molecule has 7 nitrogen and oxygen atoms in total. The van der Waals surface area contributed by atoms with Crippen LogP contribution >= 0.6 is 0 Å². The van der Waals surface area contributed by atoms with E-state index in [1.807, 2.05) is 0 Å². The predicted molar refractivity (Wildman–Crippen MR) is 90.3 cm³/mol. The molecular weight excluding hydrogens is 351 g/mol. The van der Waals surface area contributed by atoms with Gasteiger partial charge in [0.2, 0.25) is 0 Å². The van der Waals surface area contributed by atoms with E-state index in [1.54, 1.807) is 23.5 Å². The van der Waals surface area contributed by atoms with Gasteiger partial charge in [0, 0.05) is 11.3 Å². The summed E-state index contributed by atoms with van der Waals surface area (Å²) in [6, 6.07) is 10.3. The number of alkyl halides is 3. The summed E-state index contributed by atoms with van der Waals surface area (Å²) in [6.07, 6.45) is -5.04. The zero-order chi connectivity index (χ0) is 18.9. The number of carbonyl (C=O) groups is 1. The van der Waals surface area contributed by atoms with Crippen molar-refractivity contribution in [3.63, 3.8) is 0 Å². The number of hydrogen-bond acceptors (Lipinski definition) is 5. The van der Waals surface area contributed by atoms with Crippen molar-refractivity contribution in [2.45, 2.75) is 6.18 Å². The molecule has 0 aliphatic heterocycles. The summed E-state index contributed by atoms with van der Waals surface area (Å²) in [5, 5.41) is 2.03. The van der Waals surface area contributed by atoms with Gasteiger partial charge < -0.3 is 15.7 Å². The summed E-state index contributed by atoms with van der Waals surface area (Å²) in [4.78, 5) is 30.3. The van der Waals surface area contributed by atoms with Crippen LogP contribution in [0.5, 0.6) is 0 Å². The Morgan fingerprint density at radius 1 is 1.15 bits per heavy atom. The van der Waals surface area contributed by atoms with Crippen molar-refractivity contribution in [2.24, 2.45) is 5.84 Å². The fraction of sp³-hybridized carbons (Fsp3) is 0.0625. The van der Waals surface area contributed by atoms with Crippen molar-refractivity contribution in [3.05, 3.63) is 52.8 Å². The highest BCUT2D eigenvalue weighted by atomic mass is 19.4. The fourth-order valence-electron chi connectivity index (χ4n) is 2.35. The Labute approximate surface area is 144 Å². The standard InChI is InChI=1S/C16H12F3N5O2/c17-16(18,19)15(26)22-11-4-2-1-3-9(11)13-21-12-6-5-8(24-20)7-10(12)14(25)23-13/h1-7,24H,20H2,(H,22,26)(H,21,23,25). The Hall–Kier alpha value is -3.40. The summed E-state index contributed by atoms with van der Waals surface area (Å²) < 4.78 is 37.5. The van der Waals surface area contributed by atoms with Crippen molar-refractivity contribution in [3.8, 4) is 11.4 Å². The van der Waals surface area contributed by atoms with Gasteiger partial charge in [-0.25, -0.2) is 4.98 Å². The number of aromatic amines is 1. The number of amides is 1. The second kappa shape index (κ2) is 6.48. The van der Waals surface area contributed by atoms with Gasteiger partial charge in [0.15, 0.2) is 0 Å². The van der Waals surface area contributed by atoms with Crippen molar-refractivity contribution in [1.82, 2.24) is 9.97 Å². The number of hydrogen-bond donors (Lipinski definition) is 4. The van der Waals surface area contributed by atoms with E-state index in [-0.39, 0.29) is 22.5 Å². The highest BCUT2D eigenvalue weighted by molar-refractivity contribution is 5.98. The van der Waals surface area contributed by atoms with E-state index in [0.29, 0.717) is 11.2 Å². The maximum atomic E-state index is 12.5. The quantitative estimate of drug-likeness (QED) is 0.422. The zero-order valence-corrected chi connectivity index (χ0v) is 13.0. The molecule has 0 bridgehead atoms. The molecule has 5 N–H and O–H groups in total. The zero-order valence-electron chi connectivity index (χ0n) is 13.0. The predicted octanol–water partition coefficient (Wildman–Crippen LogP) is 2.38. The molecule has 1 heterocycles. The highest BCUT2D eigenvalue weighted by Crippen LogP contribution is 2.27. The van der Waals surface area contributed by atoms with E-state index in [0.717, 1.165) is 0 Å². The van der Waals surface area contributed by atoms with Crippen molar-refractivity contribution >= 4 is 28.2 Å². The van der Waals surface area contributed by atoms with Gasteiger partial charge in [0.25, 0.3) is 5.56 Å². The molecule has 2 aromatic carbocycles. The van der Waals surface area contributed by atoms with Crippen LogP contribution in [0, 0.1) is 0 Å². The molecule has 26 heavy (non-hydrogen) atoms. The van der Waals surface area contributed by atoms with Crippen molar-refractivity contribution in [2.75, 3.05) is 10.7 Å². The Kier molecular flexibility index (Phi) is 4.34. The first-order valence-corrected chi connectivity index (χ1v) is 7.28. The van der Waals surface area contributed by atoms with Crippen LogP contribution in [0.4, 0.5) is 24.5 Å². The van der Waals surface area contributed by atoms with Gasteiger partial charge in [-0.05, 0) is 30.3 Å². The molecule has 1 aromatic heterocycles. The molecule has 0 aliphatic rings. The van der Waals surface area contributed by atoms with E-state index >= 15 is 0 Å². The third-order valence-electron chi connectivity index (χ3n) is 3.56. The van der Waals surface area contributed by atoms with Gasteiger partial charge >= 0.3 is 12.1 Å². The van der Waals surface area contributed by atoms with Crippen LogP contribution in [0.2, 0.25) is 0 Å². The number of halogens is 3. The van der Waals surface area contributed by atoms with Crippen LogP contribution in [0.1, 0.15) is 0 Å². The van der Waals surface area contributed by atoms with Crippen LogP contribution in [0.25, 0.3) is 22.3 Å². The van der Waals surface area contributed by atoms with Gasteiger partial charge in [-0.3, -0.25) is 15.4 Å². The molecule has 0 atom stereocenters. The van der Waals surface area contributed by atoms with Crippen LogP contribution < -0.4 is 22.1 Å². The number of hydrazine groups is 1. The molecule has 134 valence electrons. The lowest BCUT2D eigenvalue weighted by atomic mass is 10.1. The lowest BCUT2D eigenvalue weighted by Gasteiger charge is -2.12. The summed E-state index contributed by atoms with van der Waals surface area (Å²) in [5.41, 5.74) is 2.73. The SMILES string of the molecule is NNc1ccc2nc(-c3ccccc3NC(=O)C(F)(F)F)[nH]c(=O)c2c1. The molecule has 0 radical (unpaired) electrons.